The number of anilines is 1. The van der Waals surface area contributed by atoms with Crippen LogP contribution in [0.4, 0.5) is 5.82 Å². The summed E-state index contributed by atoms with van der Waals surface area (Å²) in [7, 11) is 1.65. The number of nitrogens with one attached hydrogen (secondary N) is 1. The highest BCUT2D eigenvalue weighted by Crippen LogP contribution is 2.35. The highest BCUT2D eigenvalue weighted by molar-refractivity contribution is 6.31. The van der Waals surface area contributed by atoms with Crippen LogP contribution in [0.1, 0.15) is 48.1 Å². The summed E-state index contributed by atoms with van der Waals surface area (Å²) in [6.07, 6.45) is 2.90. The molecule has 3 N–H and O–H groups in total. The lowest BCUT2D eigenvalue weighted by atomic mass is 9.78. The fraction of sp³-hybridized carbons (Fsp3) is 0.611. The van der Waals surface area contributed by atoms with Gasteiger partial charge in [0.15, 0.2) is 5.82 Å². The van der Waals surface area contributed by atoms with E-state index in [-0.39, 0.29) is 0 Å². The molecule has 7 nitrogen and oxygen atoms in total. The third-order valence-corrected chi connectivity index (χ3v) is 5.35. The first kappa shape index (κ1) is 19.1. The average Bonchev–Trinajstić information content (AvgIpc) is 2.83. The van der Waals surface area contributed by atoms with Gasteiger partial charge in [0.2, 0.25) is 0 Å². The number of methoxy groups -OCH3 is 1. The monoisotopic (exact) mass is 378 g/mol. The number of hydrogen-bond acceptors (Lipinski definition) is 6. The number of ether oxygens (including phenoxy) is 1. The zero-order chi connectivity index (χ0) is 18.7. The van der Waals surface area contributed by atoms with E-state index in [9.17, 15) is 0 Å². The van der Waals surface area contributed by atoms with Gasteiger partial charge in [-0.15, -0.1) is 0 Å². The Bertz CT molecular complexity index is 756. The van der Waals surface area contributed by atoms with E-state index in [4.69, 9.17) is 22.1 Å². The fourth-order valence-corrected chi connectivity index (χ4v) is 3.39. The Morgan fingerprint density at radius 2 is 2.12 bits per heavy atom. The summed E-state index contributed by atoms with van der Waals surface area (Å²) in [6.45, 7) is 5.93. The van der Waals surface area contributed by atoms with Gasteiger partial charge >= 0.3 is 0 Å². The normalized spacial score (nSPS) is 19.4. The Balaban J connectivity index is 1.58. The molecule has 0 bridgehead atoms. The van der Waals surface area contributed by atoms with Crippen LogP contribution in [0.3, 0.4) is 0 Å². The van der Waals surface area contributed by atoms with Crippen molar-refractivity contribution >= 4 is 17.4 Å². The Labute approximate surface area is 159 Å². The van der Waals surface area contributed by atoms with Crippen LogP contribution in [-0.4, -0.2) is 39.4 Å². The van der Waals surface area contributed by atoms with Crippen molar-refractivity contribution in [2.45, 2.75) is 58.2 Å². The number of rotatable bonds is 8. The maximum Gasteiger partial charge on any atom is 0.156 e. The summed E-state index contributed by atoms with van der Waals surface area (Å²) < 4.78 is 7.15. The van der Waals surface area contributed by atoms with E-state index >= 15 is 0 Å². The van der Waals surface area contributed by atoms with Crippen molar-refractivity contribution in [2.24, 2.45) is 5.73 Å². The van der Waals surface area contributed by atoms with Crippen molar-refractivity contribution in [1.29, 1.82) is 0 Å². The highest BCUT2D eigenvalue weighted by atomic mass is 35.5. The Kier molecular flexibility index (Phi) is 6.11. The molecule has 142 valence electrons. The minimum Gasteiger partial charge on any atom is -0.377 e. The van der Waals surface area contributed by atoms with Gasteiger partial charge in [0.05, 0.1) is 16.4 Å². The number of nitrogens with zero attached hydrogens (tertiary/aromatic N) is 4. The Morgan fingerprint density at radius 1 is 1.35 bits per heavy atom. The van der Waals surface area contributed by atoms with Crippen molar-refractivity contribution < 1.29 is 4.74 Å². The molecule has 0 amide bonds. The smallest absolute Gasteiger partial charge is 0.156 e. The molecule has 0 saturated heterocycles. The van der Waals surface area contributed by atoms with E-state index < -0.39 is 0 Å². The summed E-state index contributed by atoms with van der Waals surface area (Å²) in [6, 6.07) is 2.33. The van der Waals surface area contributed by atoms with Crippen LogP contribution in [0.15, 0.2) is 6.07 Å². The molecule has 1 aliphatic rings. The molecule has 0 unspecified atom stereocenters. The predicted octanol–water partition coefficient (Wildman–Crippen LogP) is 2.80. The first-order chi connectivity index (χ1) is 12.5. The molecule has 1 aliphatic carbocycles. The SMILES string of the molecule is COCc1nc(NCCCn2nc(C)c(Cl)c2C)cc(C2CC(N)C2)n1. The lowest BCUT2D eigenvalue weighted by Crippen LogP contribution is -2.35. The Hall–Kier alpha value is -1.70. The van der Waals surface area contributed by atoms with Gasteiger partial charge in [0.25, 0.3) is 0 Å². The summed E-state index contributed by atoms with van der Waals surface area (Å²) in [4.78, 5) is 9.16. The fourth-order valence-electron chi connectivity index (χ4n) is 3.25. The molecule has 26 heavy (non-hydrogen) atoms. The zero-order valence-electron chi connectivity index (χ0n) is 15.6. The predicted molar refractivity (Wildman–Crippen MR) is 103 cm³/mol. The number of hydrogen-bond donors (Lipinski definition) is 2. The van der Waals surface area contributed by atoms with Crippen molar-refractivity contribution in [1.82, 2.24) is 19.7 Å². The van der Waals surface area contributed by atoms with Gasteiger partial charge in [0, 0.05) is 43.9 Å². The molecule has 0 spiro atoms. The first-order valence-corrected chi connectivity index (χ1v) is 9.41. The van der Waals surface area contributed by atoms with E-state index in [1.807, 2.05) is 24.6 Å². The van der Waals surface area contributed by atoms with Crippen LogP contribution in [-0.2, 0) is 17.9 Å². The van der Waals surface area contributed by atoms with E-state index in [1.54, 1.807) is 7.11 Å². The van der Waals surface area contributed by atoms with E-state index in [0.717, 1.165) is 60.3 Å². The second-order valence-corrected chi connectivity index (χ2v) is 7.32. The molecule has 2 aromatic heterocycles. The molecular weight excluding hydrogens is 352 g/mol. The molecule has 0 aliphatic heterocycles. The summed E-state index contributed by atoms with van der Waals surface area (Å²) >= 11 is 6.19. The summed E-state index contributed by atoms with van der Waals surface area (Å²) in [5.41, 5.74) is 8.86. The molecule has 1 fully saturated rings. The number of aromatic nitrogens is 4. The van der Waals surface area contributed by atoms with E-state index in [2.05, 4.69) is 20.4 Å². The van der Waals surface area contributed by atoms with Crippen LogP contribution in [0.5, 0.6) is 0 Å². The molecule has 8 heteroatoms. The second kappa shape index (κ2) is 8.33. The maximum atomic E-state index is 6.19. The van der Waals surface area contributed by atoms with Gasteiger partial charge in [-0.1, -0.05) is 11.6 Å². The van der Waals surface area contributed by atoms with Crippen LogP contribution < -0.4 is 11.1 Å². The van der Waals surface area contributed by atoms with Crippen LogP contribution in [0, 0.1) is 13.8 Å². The lowest BCUT2D eigenvalue weighted by molar-refractivity contribution is 0.177. The molecule has 1 saturated carbocycles. The van der Waals surface area contributed by atoms with Gasteiger partial charge in [-0.2, -0.15) is 5.10 Å². The molecular formula is C18H27ClN6O. The molecule has 2 heterocycles. The van der Waals surface area contributed by atoms with Crippen molar-refractivity contribution in [2.75, 3.05) is 19.0 Å². The first-order valence-electron chi connectivity index (χ1n) is 9.03. The minimum absolute atomic E-state index is 0.296. The Morgan fingerprint density at radius 3 is 2.73 bits per heavy atom. The van der Waals surface area contributed by atoms with Crippen LogP contribution in [0.2, 0.25) is 5.02 Å². The van der Waals surface area contributed by atoms with Gasteiger partial charge in [0.1, 0.15) is 12.4 Å². The maximum absolute atomic E-state index is 6.19. The molecule has 0 aromatic carbocycles. The minimum atomic E-state index is 0.296. The third-order valence-electron chi connectivity index (χ3n) is 4.80. The topological polar surface area (TPSA) is 90.9 Å². The summed E-state index contributed by atoms with van der Waals surface area (Å²) in [5, 5.41) is 8.61. The molecule has 3 rings (SSSR count). The van der Waals surface area contributed by atoms with E-state index in [1.165, 1.54) is 0 Å². The van der Waals surface area contributed by atoms with Gasteiger partial charge in [-0.25, -0.2) is 9.97 Å². The third kappa shape index (κ3) is 4.34. The largest absolute Gasteiger partial charge is 0.377 e. The van der Waals surface area contributed by atoms with Crippen molar-refractivity contribution in [3.63, 3.8) is 0 Å². The number of nitrogens with two attached hydrogens (primary N) is 1. The van der Waals surface area contributed by atoms with Gasteiger partial charge in [-0.05, 0) is 33.1 Å². The quantitative estimate of drug-likeness (QED) is 0.686. The van der Waals surface area contributed by atoms with Gasteiger partial charge < -0.3 is 15.8 Å². The molecule has 0 radical (unpaired) electrons. The van der Waals surface area contributed by atoms with Gasteiger partial charge in [-0.3, -0.25) is 4.68 Å². The highest BCUT2D eigenvalue weighted by Gasteiger charge is 2.29. The summed E-state index contributed by atoms with van der Waals surface area (Å²) in [5.74, 6) is 1.98. The van der Waals surface area contributed by atoms with E-state index in [0.29, 0.717) is 24.4 Å². The average molecular weight is 379 g/mol. The lowest BCUT2D eigenvalue weighted by Gasteiger charge is -2.32. The number of aryl methyl sites for hydroxylation is 2. The zero-order valence-corrected chi connectivity index (χ0v) is 16.4. The van der Waals surface area contributed by atoms with Crippen LogP contribution >= 0.6 is 11.6 Å². The van der Waals surface area contributed by atoms with Crippen molar-refractivity contribution in [3.05, 3.63) is 34.0 Å². The second-order valence-electron chi connectivity index (χ2n) is 6.94. The molecule has 0 atom stereocenters. The standard InChI is InChI=1S/C18H27ClN6O/c1-11-18(19)12(2)25(24-11)6-4-5-21-16-9-15(13-7-14(20)8-13)22-17(23-16)10-26-3/h9,13-14H,4-8,10,20H2,1-3H3,(H,21,22,23). The number of halogens is 1. The molecule has 2 aromatic rings. The van der Waals surface area contributed by atoms with Crippen LogP contribution in [0.25, 0.3) is 0 Å². The van der Waals surface area contributed by atoms with Crippen molar-refractivity contribution in [3.8, 4) is 0 Å².